The molecule has 0 bridgehead atoms. The third kappa shape index (κ3) is 3.62. The minimum atomic E-state index is -0.793. The van der Waals surface area contributed by atoms with E-state index >= 15 is 0 Å². The Morgan fingerprint density at radius 3 is 2.42 bits per heavy atom. The molecule has 0 spiro atoms. The van der Waals surface area contributed by atoms with Crippen molar-refractivity contribution in [2.45, 2.75) is 31.7 Å². The number of likely N-dealkylation sites (tertiary alicyclic amines) is 1. The van der Waals surface area contributed by atoms with Crippen LogP contribution in [0.25, 0.3) is 0 Å². The fraction of sp³-hybridized carbons (Fsp3) is 0.273. The third-order valence-electron chi connectivity index (χ3n) is 4.99. The highest BCUT2D eigenvalue weighted by Crippen LogP contribution is 2.32. The number of carbonyl (C=O) groups excluding carboxylic acids is 2. The highest BCUT2D eigenvalue weighted by atomic mass is 16.2. The van der Waals surface area contributed by atoms with Crippen molar-refractivity contribution in [3.05, 3.63) is 65.7 Å². The van der Waals surface area contributed by atoms with E-state index in [1.165, 1.54) is 0 Å². The molecule has 26 heavy (non-hydrogen) atoms. The molecule has 1 N–H and O–H groups in total. The number of rotatable bonds is 5. The molecule has 1 fully saturated rings. The number of hydrogen-bond donors (Lipinski definition) is 1. The normalized spacial score (nSPS) is 18.5. The zero-order valence-corrected chi connectivity index (χ0v) is 14.9. The first-order valence-electron chi connectivity index (χ1n) is 8.75. The Kier molecular flexibility index (Phi) is 5.09. The van der Waals surface area contributed by atoms with Gasteiger partial charge in [-0.25, -0.2) is 0 Å². The maximum Gasteiger partial charge on any atom is 0.250 e. The van der Waals surface area contributed by atoms with Crippen LogP contribution in [0.2, 0.25) is 0 Å². The number of hydrogen-bond acceptors (Lipinski definition) is 2. The van der Waals surface area contributed by atoms with Crippen LogP contribution in [0.3, 0.4) is 0 Å². The van der Waals surface area contributed by atoms with E-state index in [-0.39, 0.29) is 11.8 Å². The highest BCUT2D eigenvalue weighted by molar-refractivity contribution is 6.01. The van der Waals surface area contributed by atoms with Gasteiger partial charge in [0, 0.05) is 24.2 Å². The smallest absolute Gasteiger partial charge is 0.250 e. The van der Waals surface area contributed by atoms with Crippen molar-refractivity contribution >= 4 is 17.5 Å². The van der Waals surface area contributed by atoms with E-state index in [1.54, 1.807) is 29.2 Å². The summed E-state index contributed by atoms with van der Waals surface area (Å²) in [5, 5.41) is 2.89. The van der Waals surface area contributed by atoms with Gasteiger partial charge in [-0.05, 0) is 49.6 Å². The van der Waals surface area contributed by atoms with Crippen LogP contribution in [-0.2, 0) is 16.0 Å². The summed E-state index contributed by atoms with van der Waals surface area (Å²) in [5.74, 6) is 2.40. The zero-order chi connectivity index (χ0) is 18.6. The zero-order valence-electron chi connectivity index (χ0n) is 14.9. The molecule has 1 unspecified atom stereocenters. The van der Waals surface area contributed by atoms with Gasteiger partial charge in [0.05, 0.1) is 0 Å². The lowest BCUT2D eigenvalue weighted by molar-refractivity contribution is -0.154. The summed E-state index contributed by atoms with van der Waals surface area (Å²) in [6.07, 6.45) is 7.10. The van der Waals surface area contributed by atoms with Crippen molar-refractivity contribution in [2.24, 2.45) is 0 Å². The van der Waals surface area contributed by atoms with Gasteiger partial charge in [0.25, 0.3) is 0 Å². The van der Waals surface area contributed by atoms with Crippen LogP contribution >= 0.6 is 0 Å². The molecule has 1 atom stereocenters. The Bertz CT molecular complexity index is 837. The van der Waals surface area contributed by atoms with Gasteiger partial charge in [-0.15, -0.1) is 6.42 Å². The van der Waals surface area contributed by atoms with Crippen molar-refractivity contribution in [1.29, 1.82) is 0 Å². The molecular formula is C22H22N2O2. The molecule has 0 aromatic heterocycles. The van der Waals surface area contributed by atoms with E-state index < -0.39 is 5.54 Å². The van der Waals surface area contributed by atoms with Gasteiger partial charge in [0.1, 0.15) is 5.54 Å². The molecule has 0 radical (unpaired) electrons. The van der Waals surface area contributed by atoms with Gasteiger partial charge >= 0.3 is 0 Å². The summed E-state index contributed by atoms with van der Waals surface area (Å²) in [6.45, 7) is 2.44. The summed E-state index contributed by atoms with van der Waals surface area (Å²) in [7, 11) is 0. The quantitative estimate of drug-likeness (QED) is 0.845. The number of anilines is 1. The van der Waals surface area contributed by atoms with Crippen LogP contribution in [0.15, 0.2) is 54.6 Å². The summed E-state index contributed by atoms with van der Waals surface area (Å²) >= 11 is 0. The van der Waals surface area contributed by atoms with Gasteiger partial charge in [-0.2, -0.15) is 0 Å². The molecule has 132 valence electrons. The fourth-order valence-electron chi connectivity index (χ4n) is 3.14. The Morgan fingerprint density at radius 2 is 1.85 bits per heavy atom. The topological polar surface area (TPSA) is 49.4 Å². The molecule has 0 saturated carbocycles. The predicted octanol–water partition coefficient (Wildman–Crippen LogP) is 3.23. The number of terminal acetylenes is 1. The molecule has 2 aromatic carbocycles. The van der Waals surface area contributed by atoms with E-state index in [1.807, 2.05) is 37.3 Å². The Hall–Kier alpha value is -3.06. The van der Waals surface area contributed by atoms with Gasteiger partial charge in [0.15, 0.2) is 0 Å². The van der Waals surface area contributed by atoms with Crippen molar-refractivity contribution in [3.8, 4) is 12.3 Å². The van der Waals surface area contributed by atoms with Crippen molar-refractivity contribution in [3.63, 3.8) is 0 Å². The predicted molar refractivity (Wildman–Crippen MR) is 103 cm³/mol. The maximum atomic E-state index is 12.7. The lowest BCUT2D eigenvalue weighted by atomic mass is 9.84. The summed E-state index contributed by atoms with van der Waals surface area (Å²) < 4.78 is 0. The molecule has 4 heteroatoms. The van der Waals surface area contributed by atoms with Crippen molar-refractivity contribution < 1.29 is 9.59 Å². The van der Waals surface area contributed by atoms with E-state index in [0.717, 1.165) is 11.1 Å². The Balaban J connectivity index is 1.60. The lowest BCUT2D eigenvalue weighted by Gasteiger charge is -2.49. The first-order valence-corrected chi connectivity index (χ1v) is 8.75. The number of nitrogens with zero attached hydrogens (tertiary/aromatic N) is 1. The second-order valence-corrected chi connectivity index (χ2v) is 6.73. The minimum absolute atomic E-state index is 0.0143. The van der Waals surface area contributed by atoms with Gasteiger partial charge in [-0.3, -0.25) is 9.59 Å². The van der Waals surface area contributed by atoms with Crippen LogP contribution < -0.4 is 5.32 Å². The van der Waals surface area contributed by atoms with E-state index in [2.05, 4.69) is 11.2 Å². The molecule has 1 aliphatic rings. The SMILES string of the molecule is C#Cc1ccc(NC(=O)C2(C)CCN2C(=O)CCc2ccccc2)cc1. The van der Waals surface area contributed by atoms with Crippen molar-refractivity contribution in [2.75, 3.05) is 11.9 Å². The summed E-state index contributed by atoms with van der Waals surface area (Å²) in [6, 6.07) is 17.0. The van der Waals surface area contributed by atoms with E-state index in [4.69, 9.17) is 6.42 Å². The first kappa shape index (κ1) is 17.8. The summed E-state index contributed by atoms with van der Waals surface area (Å²) in [5.41, 5.74) is 1.77. The third-order valence-corrected chi connectivity index (χ3v) is 4.99. The number of nitrogens with one attached hydrogen (secondary N) is 1. The molecule has 0 aliphatic carbocycles. The van der Waals surface area contributed by atoms with E-state index in [9.17, 15) is 9.59 Å². The molecule has 1 saturated heterocycles. The first-order chi connectivity index (χ1) is 12.5. The Morgan fingerprint density at radius 1 is 1.15 bits per heavy atom. The number of benzene rings is 2. The average Bonchev–Trinajstić information content (AvgIpc) is 2.66. The van der Waals surface area contributed by atoms with Crippen LogP contribution in [-0.4, -0.2) is 28.8 Å². The second-order valence-electron chi connectivity index (χ2n) is 6.73. The number of carbonyl (C=O) groups is 2. The largest absolute Gasteiger partial charge is 0.328 e. The molecule has 4 nitrogen and oxygen atoms in total. The fourth-order valence-corrected chi connectivity index (χ4v) is 3.14. The summed E-state index contributed by atoms with van der Waals surface area (Å²) in [4.78, 5) is 27.0. The molecule has 1 heterocycles. The van der Waals surface area contributed by atoms with Crippen LogP contribution in [0.1, 0.15) is 30.9 Å². The van der Waals surface area contributed by atoms with Gasteiger partial charge < -0.3 is 10.2 Å². The van der Waals surface area contributed by atoms with Gasteiger partial charge in [0.2, 0.25) is 11.8 Å². The number of amides is 2. The van der Waals surface area contributed by atoms with Crippen LogP contribution in [0, 0.1) is 12.3 Å². The highest BCUT2D eigenvalue weighted by Gasteiger charge is 2.49. The minimum Gasteiger partial charge on any atom is -0.328 e. The second kappa shape index (κ2) is 7.45. The molecule has 2 amide bonds. The van der Waals surface area contributed by atoms with Crippen LogP contribution in [0.5, 0.6) is 0 Å². The Labute approximate surface area is 154 Å². The van der Waals surface area contributed by atoms with Gasteiger partial charge in [-0.1, -0.05) is 36.3 Å². The average molecular weight is 346 g/mol. The standard InChI is InChI=1S/C22H22N2O2/c1-3-17-9-12-19(13-10-17)23-21(26)22(2)15-16-24(22)20(25)14-11-18-7-5-4-6-8-18/h1,4-10,12-13H,11,14-16H2,2H3,(H,23,26). The lowest BCUT2D eigenvalue weighted by Crippen LogP contribution is -2.66. The molecule has 1 aliphatic heterocycles. The number of aryl methyl sites for hydroxylation is 1. The van der Waals surface area contributed by atoms with Crippen molar-refractivity contribution in [1.82, 2.24) is 4.90 Å². The molecule has 2 aromatic rings. The monoisotopic (exact) mass is 346 g/mol. The molecule has 3 rings (SSSR count). The molecular weight excluding hydrogens is 324 g/mol. The van der Waals surface area contributed by atoms with E-state index in [0.29, 0.717) is 31.5 Å². The van der Waals surface area contributed by atoms with Crippen LogP contribution in [0.4, 0.5) is 5.69 Å². The maximum absolute atomic E-state index is 12.7.